The van der Waals surface area contributed by atoms with Crippen LogP contribution < -0.4 is 0 Å². The van der Waals surface area contributed by atoms with Gasteiger partial charge in [0.25, 0.3) is 0 Å². The average Bonchev–Trinajstić information content (AvgIpc) is 2.06. The predicted molar refractivity (Wildman–Crippen MR) is 44.3 cm³/mol. The van der Waals surface area contributed by atoms with E-state index in [1.165, 1.54) is 6.92 Å². The number of carboxylic acids is 1. The van der Waals surface area contributed by atoms with Gasteiger partial charge in [-0.1, -0.05) is 0 Å². The van der Waals surface area contributed by atoms with Gasteiger partial charge in [-0.25, -0.2) is 4.79 Å². The van der Waals surface area contributed by atoms with Gasteiger partial charge in [-0.2, -0.15) is 0 Å². The van der Waals surface area contributed by atoms with E-state index in [1.54, 1.807) is 0 Å². The van der Waals surface area contributed by atoms with Crippen LogP contribution in [-0.2, 0) is 9.53 Å². The molecule has 4 N–H and O–H groups in total. The Bertz CT molecular complexity index is 110. The fourth-order valence-electron chi connectivity index (χ4n) is 0.231. The van der Waals surface area contributed by atoms with Gasteiger partial charge in [0.1, 0.15) is 6.10 Å². The van der Waals surface area contributed by atoms with Crippen molar-refractivity contribution in [3.05, 3.63) is 0 Å². The second kappa shape index (κ2) is 11.3. The minimum atomic E-state index is -1.23. The van der Waals surface area contributed by atoms with Crippen LogP contribution in [-0.4, -0.2) is 58.9 Å². The molecule has 0 aromatic heterocycles. The smallest absolute Gasteiger partial charge is 0.332 e. The summed E-state index contributed by atoms with van der Waals surface area (Å²) in [6.07, 6.45) is -1.23. The zero-order valence-corrected chi connectivity index (χ0v) is 7.51. The largest absolute Gasteiger partial charge is 0.479 e. The minimum absolute atomic E-state index is 0.0278. The molecule has 0 saturated carbocycles. The van der Waals surface area contributed by atoms with Crippen molar-refractivity contribution in [1.82, 2.24) is 0 Å². The van der Waals surface area contributed by atoms with Crippen LogP contribution in [0.5, 0.6) is 0 Å². The number of rotatable bonds is 5. The molecular weight excluding hydrogens is 180 g/mol. The monoisotopic (exact) mass is 196 g/mol. The summed E-state index contributed by atoms with van der Waals surface area (Å²) in [7, 11) is 0. The summed E-state index contributed by atoms with van der Waals surface area (Å²) in [5.74, 6) is -1.19. The van der Waals surface area contributed by atoms with Gasteiger partial charge < -0.3 is 25.2 Å². The highest BCUT2D eigenvalue weighted by molar-refractivity contribution is 5.71. The Morgan fingerprint density at radius 2 is 1.62 bits per heavy atom. The van der Waals surface area contributed by atoms with Crippen LogP contribution in [0.15, 0.2) is 0 Å². The Balaban J connectivity index is 0. The highest BCUT2D eigenvalue weighted by Gasteiger charge is 2.01. The van der Waals surface area contributed by atoms with Crippen molar-refractivity contribution in [3.63, 3.8) is 0 Å². The number of hydrogen-bond donors (Lipinski definition) is 4. The van der Waals surface area contributed by atoms with E-state index in [0.29, 0.717) is 13.2 Å². The molecule has 0 aliphatic rings. The third-order valence-corrected chi connectivity index (χ3v) is 0.829. The van der Waals surface area contributed by atoms with Gasteiger partial charge in [-0.3, -0.25) is 0 Å². The van der Waals surface area contributed by atoms with Crippen molar-refractivity contribution >= 4 is 5.97 Å². The second-order valence-corrected chi connectivity index (χ2v) is 2.07. The van der Waals surface area contributed by atoms with Crippen molar-refractivity contribution in [1.29, 1.82) is 0 Å². The zero-order chi connectivity index (χ0) is 10.7. The van der Waals surface area contributed by atoms with Crippen LogP contribution >= 0.6 is 0 Å². The lowest BCUT2D eigenvalue weighted by Crippen LogP contribution is -2.13. The maximum atomic E-state index is 9.45. The van der Waals surface area contributed by atoms with Crippen LogP contribution in [0.25, 0.3) is 0 Å². The van der Waals surface area contributed by atoms with Crippen LogP contribution in [0.4, 0.5) is 0 Å². The molecule has 1 atom stereocenters. The third-order valence-electron chi connectivity index (χ3n) is 0.829. The molecule has 0 aliphatic heterocycles. The van der Waals surface area contributed by atoms with Crippen molar-refractivity contribution < 1.29 is 30.0 Å². The van der Waals surface area contributed by atoms with Crippen molar-refractivity contribution in [3.8, 4) is 0 Å². The van der Waals surface area contributed by atoms with E-state index in [0.717, 1.165) is 0 Å². The first-order valence-corrected chi connectivity index (χ1v) is 3.76. The lowest BCUT2D eigenvalue weighted by Gasteiger charge is -1.94. The van der Waals surface area contributed by atoms with Gasteiger partial charge in [0, 0.05) is 0 Å². The van der Waals surface area contributed by atoms with Crippen molar-refractivity contribution in [2.24, 2.45) is 0 Å². The summed E-state index contributed by atoms with van der Waals surface area (Å²) < 4.78 is 4.63. The lowest BCUT2D eigenvalue weighted by atomic mass is 10.4. The topological polar surface area (TPSA) is 107 Å². The fraction of sp³-hybridized carbons (Fsp3) is 0.857. The fourth-order valence-corrected chi connectivity index (χ4v) is 0.231. The van der Waals surface area contributed by atoms with Gasteiger partial charge in [0.2, 0.25) is 0 Å². The highest BCUT2D eigenvalue weighted by Crippen LogP contribution is 1.73. The van der Waals surface area contributed by atoms with E-state index in [9.17, 15) is 4.79 Å². The van der Waals surface area contributed by atoms with E-state index in [2.05, 4.69) is 4.74 Å². The maximum absolute atomic E-state index is 9.45. The van der Waals surface area contributed by atoms with Gasteiger partial charge in [-0.15, -0.1) is 0 Å². The number of carbonyl (C=O) groups is 1. The zero-order valence-electron chi connectivity index (χ0n) is 7.51. The summed E-state index contributed by atoms with van der Waals surface area (Å²) in [4.78, 5) is 9.45. The molecule has 0 heterocycles. The number of ether oxygens (including phenoxy) is 1. The highest BCUT2D eigenvalue weighted by atomic mass is 16.5. The standard InChI is InChI=1S/C4H10O3.C3H6O3/c5-1-3-7-4-2-6;1-2(4)3(5)6/h5-6H,1-4H2;2,4H,1H3,(H,5,6). The summed E-state index contributed by atoms with van der Waals surface area (Å²) in [6, 6.07) is 0. The summed E-state index contributed by atoms with van der Waals surface area (Å²) in [5.41, 5.74) is 0. The van der Waals surface area contributed by atoms with Crippen LogP contribution in [0, 0.1) is 0 Å². The number of aliphatic hydroxyl groups excluding tert-OH is 3. The first-order valence-electron chi connectivity index (χ1n) is 3.76. The molecular formula is C7H16O6. The SMILES string of the molecule is CC(O)C(=O)O.OCCOCCO. The molecule has 80 valence electrons. The molecule has 13 heavy (non-hydrogen) atoms. The molecule has 0 aliphatic carbocycles. The Hall–Kier alpha value is -0.690. The Labute approximate surface area is 76.4 Å². The predicted octanol–water partition coefficient (Wildman–Crippen LogP) is -1.56. The van der Waals surface area contributed by atoms with Gasteiger partial charge in [0.15, 0.2) is 0 Å². The lowest BCUT2D eigenvalue weighted by molar-refractivity contribution is -0.145. The van der Waals surface area contributed by atoms with Gasteiger partial charge in [0.05, 0.1) is 26.4 Å². The summed E-state index contributed by atoms with van der Waals surface area (Å²) in [5, 5.41) is 31.9. The molecule has 6 heteroatoms. The quantitative estimate of drug-likeness (QED) is 0.396. The molecule has 1 unspecified atom stereocenters. The molecule has 0 saturated heterocycles. The number of aliphatic carboxylic acids is 1. The first kappa shape index (κ1) is 14.8. The molecule has 0 bridgehead atoms. The maximum Gasteiger partial charge on any atom is 0.332 e. The summed E-state index contributed by atoms with van der Waals surface area (Å²) >= 11 is 0. The molecule has 6 nitrogen and oxygen atoms in total. The van der Waals surface area contributed by atoms with Gasteiger partial charge >= 0.3 is 5.97 Å². The van der Waals surface area contributed by atoms with E-state index < -0.39 is 12.1 Å². The summed E-state index contributed by atoms with van der Waals surface area (Å²) in [6.45, 7) is 1.89. The van der Waals surface area contributed by atoms with Crippen molar-refractivity contribution in [2.45, 2.75) is 13.0 Å². The number of carboxylic acid groups (broad SMARTS) is 1. The molecule has 0 radical (unpaired) electrons. The molecule has 0 aromatic carbocycles. The molecule has 0 spiro atoms. The average molecular weight is 196 g/mol. The molecule has 0 fully saturated rings. The molecule has 0 amide bonds. The van der Waals surface area contributed by atoms with Crippen LogP contribution in [0.2, 0.25) is 0 Å². The molecule has 0 aromatic rings. The van der Waals surface area contributed by atoms with E-state index in [4.69, 9.17) is 20.4 Å². The van der Waals surface area contributed by atoms with E-state index >= 15 is 0 Å². The Kier molecular flexibility index (Phi) is 12.9. The van der Waals surface area contributed by atoms with E-state index in [-0.39, 0.29) is 13.2 Å². The number of aliphatic hydroxyl groups is 3. The minimum Gasteiger partial charge on any atom is -0.479 e. The van der Waals surface area contributed by atoms with Crippen molar-refractivity contribution in [2.75, 3.05) is 26.4 Å². The molecule has 0 rings (SSSR count). The second-order valence-electron chi connectivity index (χ2n) is 2.07. The normalized spacial score (nSPS) is 11.4. The van der Waals surface area contributed by atoms with E-state index in [1.807, 2.05) is 0 Å². The van der Waals surface area contributed by atoms with Gasteiger partial charge in [-0.05, 0) is 6.92 Å². The first-order chi connectivity index (χ1) is 6.06. The Morgan fingerprint density at radius 3 is 1.77 bits per heavy atom. The van der Waals surface area contributed by atoms with Crippen LogP contribution in [0.3, 0.4) is 0 Å². The van der Waals surface area contributed by atoms with Crippen LogP contribution in [0.1, 0.15) is 6.92 Å². The number of hydrogen-bond acceptors (Lipinski definition) is 5. The Morgan fingerprint density at radius 1 is 1.31 bits per heavy atom. The third kappa shape index (κ3) is 18.3.